The maximum Gasteiger partial charge on any atom is 0.138 e. The lowest BCUT2D eigenvalue weighted by Crippen LogP contribution is -2.40. The van der Waals surface area contributed by atoms with Gasteiger partial charge < -0.3 is 10.4 Å². The van der Waals surface area contributed by atoms with Crippen LogP contribution in [0.2, 0.25) is 0 Å². The first-order valence-electron chi connectivity index (χ1n) is 2.76. The minimum Gasteiger partial charge on any atom is -0.412 e. The van der Waals surface area contributed by atoms with E-state index in [9.17, 15) is 0 Å². The number of hydrogen-bond donors (Lipinski definition) is 0. The molecule has 0 aromatic carbocycles. The molecule has 0 spiro atoms. The first-order valence-corrected chi connectivity index (χ1v) is 4.16. The summed E-state index contributed by atoms with van der Waals surface area (Å²) in [5.74, 6) is 1.03. The zero-order valence-electron chi connectivity index (χ0n) is 6.13. The molecule has 10 heavy (non-hydrogen) atoms. The highest BCUT2D eigenvalue weighted by Crippen LogP contribution is 2.14. The van der Waals surface area contributed by atoms with E-state index in [1.165, 1.54) is 0 Å². The fourth-order valence-electron chi connectivity index (χ4n) is 0.736. The summed E-state index contributed by atoms with van der Waals surface area (Å²) in [6.45, 7) is 0.964. The van der Waals surface area contributed by atoms with Crippen molar-refractivity contribution in [1.82, 2.24) is 9.80 Å². The van der Waals surface area contributed by atoms with E-state index < -0.39 is 0 Å². The van der Waals surface area contributed by atoms with Crippen molar-refractivity contribution in [2.24, 2.45) is 0 Å². The zero-order chi connectivity index (χ0) is 6.85. The minimum atomic E-state index is 0. The summed E-state index contributed by atoms with van der Waals surface area (Å²) in [6, 6.07) is 0. The highest BCUT2D eigenvalue weighted by Gasteiger charge is 2.13. The molecule has 5 heteroatoms. The number of hydrogen-bond acceptors (Lipinski definition) is 3. The lowest BCUT2D eigenvalue weighted by atomic mass is 10.8. The fraction of sp³-hybridized carbons (Fsp3) is 0.800. The van der Waals surface area contributed by atoms with E-state index in [1.54, 1.807) is 11.8 Å². The Bertz CT molecular complexity index is 131. The lowest BCUT2D eigenvalue weighted by molar-refractivity contribution is 0.278. The van der Waals surface area contributed by atoms with Gasteiger partial charge >= 0.3 is 0 Å². The molecule has 3 nitrogen and oxygen atoms in total. The van der Waals surface area contributed by atoms with Gasteiger partial charge in [0.15, 0.2) is 0 Å². The molecule has 0 bridgehead atoms. The van der Waals surface area contributed by atoms with Crippen LogP contribution in [0, 0.1) is 0 Å². The van der Waals surface area contributed by atoms with Crippen LogP contribution >= 0.6 is 24.0 Å². The fourth-order valence-corrected chi connectivity index (χ4v) is 1.64. The molecule has 0 atom stereocenters. The second kappa shape index (κ2) is 4.12. The Kier molecular flexibility index (Phi) is 4.19. The maximum absolute atomic E-state index is 5.04. The van der Waals surface area contributed by atoms with Crippen LogP contribution in [0.25, 0.3) is 0 Å². The average molecular weight is 180 g/mol. The molecule has 1 heterocycles. The van der Waals surface area contributed by atoms with E-state index in [-0.39, 0.29) is 5.48 Å². The van der Waals surface area contributed by atoms with E-state index in [4.69, 9.17) is 12.2 Å². The summed E-state index contributed by atoms with van der Waals surface area (Å²) in [5, 5.41) is 0. The van der Waals surface area contributed by atoms with E-state index in [1.807, 2.05) is 7.05 Å². The zero-order valence-corrected chi connectivity index (χ0v) is 7.76. The molecule has 0 aromatic rings. The van der Waals surface area contributed by atoms with Gasteiger partial charge in [0.25, 0.3) is 0 Å². The number of rotatable bonds is 0. The average Bonchev–Trinajstić information content (AvgIpc) is 1.80. The summed E-state index contributed by atoms with van der Waals surface area (Å²) in [7, 11) is 4.11. The predicted octanol–water partition coefficient (Wildman–Crippen LogP) is -0.0280. The second-order valence-corrected chi connectivity index (χ2v) is 3.81. The maximum atomic E-state index is 5.04. The quantitative estimate of drug-likeness (QED) is 0.491. The molecule has 1 fully saturated rings. The van der Waals surface area contributed by atoms with E-state index >= 15 is 0 Å². The van der Waals surface area contributed by atoms with Crippen molar-refractivity contribution in [3.8, 4) is 0 Å². The Labute approximate surface area is 70.7 Å². The van der Waals surface area contributed by atoms with Crippen molar-refractivity contribution in [3.05, 3.63) is 0 Å². The van der Waals surface area contributed by atoms with Crippen molar-refractivity contribution in [1.29, 1.82) is 0 Å². The normalized spacial score (nSPS) is 20.6. The first-order chi connectivity index (χ1) is 4.20. The third-order valence-corrected chi connectivity index (χ3v) is 2.97. The Morgan fingerprint density at radius 1 is 1.50 bits per heavy atom. The van der Waals surface area contributed by atoms with Gasteiger partial charge in [0.05, 0.1) is 12.5 Å². The van der Waals surface area contributed by atoms with Gasteiger partial charge in [-0.2, -0.15) is 0 Å². The van der Waals surface area contributed by atoms with Crippen molar-refractivity contribution in [2.75, 3.05) is 26.6 Å². The molecule has 2 N–H and O–H groups in total. The van der Waals surface area contributed by atoms with E-state index in [2.05, 4.69) is 16.8 Å². The van der Waals surface area contributed by atoms with E-state index in [0.29, 0.717) is 0 Å². The van der Waals surface area contributed by atoms with Crippen molar-refractivity contribution >= 4 is 28.3 Å². The molecule has 0 radical (unpaired) electrons. The predicted molar refractivity (Wildman–Crippen MR) is 49.1 cm³/mol. The van der Waals surface area contributed by atoms with Gasteiger partial charge in [0.1, 0.15) is 4.32 Å². The van der Waals surface area contributed by atoms with Crippen molar-refractivity contribution in [3.63, 3.8) is 0 Å². The Morgan fingerprint density at radius 3 is 2.50 bits per heavy atom. The van der Waals surface area contributed by atoms with Crippen LogP contribution in [0.15, 0.2) is 0 Å². The summed E-state index contributed by atoms with van der Waals surface area (Å²) < 4.78 is 1.01. The van der Waals surface area contributed by atoms with Crippen LogP contribution < -0.4 is 0 Å². The minimum absolute atomic E-state index is 0. The highest BCUT2D eigenvalue weighted by atomic mass is 32.2. The molecular weight excluding hydrogens is 168 g/mol. The summed E-state index contributed by atoms with van der Waals surface area (Å²) in [6.07, 6.45) is 0. The molecule has 0 amide bonds. The van der Waals surface area contributed by atoms with Crippen molar-refractivity contribution < 1.29 is 5.48 Å². The molecular formula is C5H12N2OS2. The van der Waals surface area contributed by atoms with Gasteiger partial charge in [-0.15, -0.1) is 0 Å². The Balaban J connectivity index is 0.000000810. The molecule has 0 saturated carbocycles. The first kappa shape index (κ1) is 10.2. The molecule has 60 valence electrons. The van der Waals surface area contributed by atoms with Crippen LogP contribution in [0.3, 0.4) is 0 Å². The molecule has 0 unspecified atom stereocenters. The number of thiocarbonyl (C=S) groups is 1. The monoisotopic (exact) mass is 180 g/mol. The van der Waals surface area contributed by atoms with Gasteiger partial charge in [-0.3, -0.25) is 4.90 Å². The topological polar surface area (TPSA) is 38.0 Å². The number of nitrogens with zero attached hydrogens (tertiary/aromatic N) is 2. The standard InChI is InChI=1S/C5H10N2S2.H2O/c1-6-3-7(2)5(8)9-4-6;/h3-4H2,1-2H3;1H2. The van der Waals surface area contributed by atoms with Gasteiger partial charge in [-0.05, 0) is 7.05 Å². The summed E-state index contributed by atoms with van der Waals surface area (Å²) in [4.78, 5) is 4.30. The van der Waals surface area contributed by atoms with Crippen molar-refractivity contribution in [2.45, 2.75) is 0 Å². The van der Waals surface area contributed by atoms with Crippen LogP contribution in [-0.2, 0) is 0 Å². The smallest absolute Gasteiger partial charge is 0.138 e. The van der Waals surface area contributed by atoms with Gasteiger partial charge in [0, 0.05) is 7.05 Å². The molecule has 1 saturated heterocycles. The lowest BCUT2D eigenvalue weighted by Gasteiger charge is -2.31. The largest absolute Gasteiger partial charge is 0.412 e. The molecule has 1 aliphatic rings. The summed E-state index contributed by atoms with van der Waals surface area (Å²) >= 11 is 6.76. The van der Waals surface area contributed by atoms with Crippen LogP contribution in [0.1, 0.15) is 0 Å². The number of thioether (sulfide) groups is 1. The third-order valence-electron chi connectivity index (χ3n) is 1.17. The SMILES string of the molecule is CN1CSC(=S)N(C)C1.O. The molecule has 1 rings (SSSR count). The van der Waals surface area contributed by atoms with Gasteiger partial charge in [-0.25, -0.2) is 0 Å². The molecule has 1 aliphatic heterocycles. The van der Waals surface area contributed by atoms with Crippen LogP contribution in [-0.4, -0.2) is 46.2 Å². The van der Waals surface area contributed by atoms with Gasteiger partial charge in [0.2, 0.25) is 0 Å². The Hall–Kier alpha value is 0.160. The molecule has 0 aliphatic carbocycles. The second-order valence-electron chi connectivity index (χ2n) is 2.23. The third kappa shape index (κ3) is 2.42. The summed E-state index contributed by atoms with van der Waals surface area (Å²) in [5.41, 5.74) is 0. The van der Waals surface area contributed by atoms with E-state index in [0.717, 1.165) is 16.9 Å². The Morgan fingerprint density at radius 2 is 2.10 bits per heavy atom. The molecule has 0 aromatic heterocycles. The van der Waals surface area contributed by atoms with Crippen LogP contribution in [0.5, 0.6) is 0 Å². The van der Waals surface area contributed by atoms with Crippen LogP contribution in [0.4, 0.5) is 0 Å². The highest BCUT2D eigenvalue weighted by molar-refractivity contribution is 8.22. The van der Waals surface area contributed by atoms with Gasteiger partial charge in [-0.1, -0.05) is 24.0 Å².